The van der Waals surface area contributed by atoms with Crippen molar-refractivity contribution in [2.24, 2.45) is 0 Å². The van der Waals surface area contributed by atoms with Crippen molar-refractivity contribution in [3.63, 3.8) is 0 Å². The molecule has 3 nitrogen and oxygen atoms in total. The van der Waals surface area contributed by atoms with E-state index in [0.29, 0.717) is 0 Å². The highest BCUT2D eigenvalue weighted by atomic mass is 16.4. The minimum absolute atomic E-state index is 0.761. The van der Waals surface area contributed by atoms with Gasteiger partial charge >= 0.3 is 0 Å². The summed E-state index contributed by atoms with van der Waals surface area (Å²) in [6, 6.07) is 0. The zero-order valence-electron chi connectivity index (χ0n) is 14.1. The van der Waals surface area contributed by atoms with Crippen molar-refractivity contribution in [3.05, 3.63) is 17.8 Å². The Kier molecular flexibility index (Phi) is 11.2. The third-order valence-electron chi connectivity index (χ3n) is 3.93. The summed E-state index contributed by atoms with van der Waals surface area (Å²) in [5.41, 5.74) is 0. The van der Waals surface area contributed by atoms with Crippen LogP contribution in [0.5, 0.6) is 0 Å². The maximum absolute atomic E-state index is 5.56. The van der Waals surface area contributed by atoms with Crippen molar-refractivity contribution < 1.29 is 4.42 Å². The molecule has 0 unspecified atom stereocenters. The molecule has 1 aromatic heterocycles. The number of aromatic nitrogens is 1. The molecule has 0 aliphatic rings. The number of oxazole rings is 1. The molecule has 0 amide bonds. The van der Waals surface area contributed by atoms with E-state index in [2.05, 4.69) is 24.1 Å². The second-order valence-corrected chi connectivity index (χ2v) is 5.93. The van der Waals surface area contributed by atoms with Gasteiger partial charge in [0.2, 0.25) is 5.89 Å². The van der Waals surface area contributed by atoms with E-state index in [4.69, 9.17) is 4.42 Å². The number of nitrogens with zero attached hydrogens (tertiary/aromatic N) is 1. The number of hydrogen-bond donors (Lipinski definition) is 1. The molecule has 0 spiro atoms. The van der Waals surface area contributed by atoms with Crippen molar-refractivity contribution in [1.82, 2.24) is 10.3 Å². The highest BCUT2D eigenvalue weighted by molar-refractivity contribution is 4.93. The number of aryl methyl sites for hydroxylation is 1. The van der Waals surface area contributed by atoms with Gasteiger partial charge in [-0.05, 0) is 13.0 Å². The Morgan fingerprint density at radius 1 is 0.905 bits per heavy atom. The average Bonchev–Trinajstić information content (AvgIpc) is 2.96. The predicted octanol–water partition coefficient (Wildman–Crippen LogP) is 5.25. The summed E-state index contributed by atoms with van der Waals surface area (Å²) in [6.45, 7) is 6.19. The minimum atomic E-state index is 0.761. The van der Waals surface area contributed by atoms with E-state index in [1.807, 2.05) is 6.20 Å². The van der Waals surface area contributed by atoms with E-state index in [1.54, 1.807) is 0 Å². The molecule has 3 heteroatoms. The first kappa shape index (κ1) is 18.2. The average molecular weight is 294 g/mol. The van der Waals surface area contributed by atoms with Crippen molar-refractivity contribution in [2.75, 3.05) is 6.54 Å². The highest BCUT2D eigenvalue weighted by Gasteiger charge is 2.00. The predicted molar refractivity (Wildman–Crippen MR) is 89.4 cm³/mol. The van der Waals surface area contributed by atoms with Crippen LogP contribution in [0.2, 0.25) is 0 Å². The first-order valence-electron chi connectivity index (χ1n) is 9.01. The summed E-state index contributed by atoms with van der Waals surface area (Å²) >= 11 is 0. The Labute approximate surface area is 130 Å². The first-order chi connectivity index (χ1) is 10.4. The molecule has 1 N–H and O–H groups in total. The Balaban J connectivity index is 1.80. The van der Waals surface area contributed by atoms with Crippen LogP contribution in [-0.2, 0) is 13.0 Å². The van der Waals surface area contributed by atoms with Crippen molar-refractivity contribution >= 4 is 0 Å². The van der Waals surface area contributed by atoms with Gasteiger partial charge in [0.25, 0.3) is 0 Å². The molecule has 0 atom stereocenters. The molecule has 0 saturated heterocycles. The molecular weight excluding hydrogens is 260 g/mol. The summed E-state index contributed by atoms with van der Waals surface area (Å²) in [4.78, 5) is 4.25. The maximum Gasteiger partial charge on any atom is 0.208 e. The molecule has 0 bridgehead atoms. The van der Waals surface area contributed by atoms with E-state index in [0.717, 1.165) is 31.2 Å². The second-order valence-electron chi connectivity index (χ2n) is 5.93. The number of unbranched alkanes of at least 4 members (excludes halogenated alkanes) is 9. The Bertz CT molecular complexity index is 336. The Hall–Kier alpha value is -0.830. The zero-order chi connectivity index (χ0) is 15.2. The quantitative estimate of drug-likeness (QED) is 0.476. The van der Waals surface area contributed by atoms with Crippen LogP contribution in [0.15, 0.2) is 10.6 Å². The van der Waals surface area contributed by atoms with Crippen LogP contribution in [0.1, 0.15) is 89.7 Å². The summed E-state index contributed by atoms with van der Waals surface area (Å²) in [5, 5.41) is 3.41. The highest BCUT2D eigenvalue weighted by Crippen LogP contribution is 2.10. The molecule has 1 rings (SSSR count). The lowest BCUT2D eigenvalue weighted by Crippen LogP contribution is -2.14. The van der Waals surface area contributed by atoms with Gasteiger partial charge in [0.1, 0.15) is 5.76 Å². The van der Waals surface area contributed by atoms with E-state index in [-0.39, 0.29) is 0 Å². The fourth-order valence-electron chi connectivity index (χ4n) is 2.53. The van der Waals surface area contributed by atoms with Gasteiger partial charge in [0, 0.05) is 6.42 Å². The first-order valence-corrected chi connectivity index (χ1v) is 9.01. The van der Waals surface area contributed by atoms with Gasteiger partial charge in [-0.1, -0.05) is 71.6 Å². The maximum atomic E-state index is 5.56. The monoisotopic (exact) mass is 294 g/mol. The molecule has 0 aromatic carbocycles. The number of rotatable bonds is 14. The lowest BCUT2D eigenvalue weighted by molar-refractivity contribution is 0.436. The molecule has 0 fully saturated rings. The molecular formula is C18H34N2O. The van der Waals surface area contributed by atoms with Gasteiger partial charge in [-0.3, -0.25) is 0 Å². The number of nitrogens with one attached hydrogen (secondary N) is 1. The van der Waals surface area contributed by atoms with Crippen LogP contribution in [0.3, 0.4) is 0 Å². The van der Waals surface area contributed by atoms with Crippen LogP contribution in [0, 0.1) is 0 Å². The van der Waals surface area contributed by atoms with Crippen molar-refractivity contribution in [1.29, 1.82) is 0 Å². The van der Waals surface area contributed by atoms with Crippen LogP contribution in [0.4, 0.5) is 0 Å². The van der Waals surface area contributed by atoms with E-state index in [9.17, 15) is 0 Å². The Morgan fingerprint density at radius 2 is 1.52 bits per heavy atom. The van der Waals surface area contributed by atoms with E-state index in [1.165, 1.54) is 64.2 Å². The van der Waals surface area contributed by atoms with Gasteiger partial charge in [0.05, 0.1) is 12.7 Å². The Morgan fingerprint density at radius 3 is 2.10 bits per heavy atom. The second kappa shape index (κ2) is 12.9. The van der Waals surface area contributed by atoms with Gasteiger partial charge in [-0.15, -0.1) is 0 Å². The molecule has 0 aliphatic carbocycles. The van der Waals surface area contributed by atoms with Crippen molar-refractivity contribution in [2.45, 2.75) is 91.0 Å². The lowest BCUT2D eigenvalue weighted by atomic mass is 10.1. The van der Waals surface area contributed by atoms with E-state index >= 15 is 0 Å². The van der Waals surface area contributed by atoms with Gasteiger partial charge in [0.15, 0.2) is 0 Å². The molecule has 122 valence electrons. The summed E-state index contributed by atoms with van der Waals surface area (Å²) in [5.74, 6) is 1.80. The standard InChI is InChI=1S/C18H34N2O/c1-3-5-6-7-8-9-10-11-12-13-14-19-16-18-20-15-17(4-2)21-18/h15,19H,3-14,16H2,1-2H3. The third-order valence-corrected chi connectivity index (χ3v) is 3.93. The summed E-state index contributed by atoms with van der Waals surface area (Å²) in [6.07, 6.45) is 16.6. The van der Waals surface area contributed by atoms with Crippen molar-refractivity contribution in [3.8, 4) is 0 Å². The van der Waals surface area contributed by atoms with Gasteiger partial charge in [-0.2, -0.15) is 0 Å². The molecule has 0 aliphatic heterocycles. The smallest absolute Gasteiger partial charge is 0.208 e. The minimum Gasteiger partial charge on any atom is -0.444 e. The SMILES string of the molecule is CCCCCCCCCCCCNCc1ncc(CC)o1. The molecule has 1 aromatic rings. The van der Waals surface area contributed by atoms with Crippen LogP contribution in [-0.4, -0.2) is 11.5 Å². The summed E-state index contributed by atoms with van der Waals surface area (Å²) < 4.78 is 5.56. The van der Waals surface area contributed by atoms with Crippen LogP contribution >= 0.6 is 0 Å². The largest absolute Gasteiger partial charge is 0.444 e. The van der Waals surface area contributed by atoms with Gasteiger partial charge in [-0.25, -0.2) is 4.98 Å². The summed E-state index contributed by atoms with van der Waals surface area (Å²) in [7, 11) is 0. The molecule has 1 heterocycles. The molecule has 21 heavy (non-hydrogen) atoms. The number of hydrogen-bond acceptors (Lipinski definition) is 3. The van der Waals surface area contributed by atoms with Crippen LogP contribution in [0.25, 0.3) is 0 Å². The fraction of sp³-hybridized carbons (Fsp3) is 0.833. The topological polar surface area (TPSA) is 38.1 Å². The molecule has 0 radical (unpaired) electrons. The zero-order valence-corrected chi connectivity index (χ0v) is 14.1. The third kappa shape index (κ3) is 9.67. The van der Waals surface area contributed by atoms with Gasteiger partial charge < -0.3 is 9.73 Å². The normalized spacial score (nSPS) is 11.1. The molecule has 0 saturated carbocycles. The van der Waals surface area contributed by atoms with E-state index < -0.39 is 0 Å². The van der Waals surface area contributed by atoms with Crippen LogP contribution < -0.4 is 5.32 Å². The fourth-order valence-corrected chi connectivity index (χ4v) is 2.53. The lowest BCUT2D eigenvalue weighted by Gasteiger charge is -2.03.